The molecule has 0 aromatic heterocycles. The van der Waals surface area contributed by atoms with Crippen LogP contribution in [0.2, 0.25) is 0 Å². The van der Waals surface area contributed by atoms with E-state index < -0.39 is 0 Å². The average Bonchev–Trinajstić information content (AvgIpc) is 2.91. The van der Waals surface area contributed by atoms with E-state index in [1.807, 2.05) is 13.1 Å². The number of aliphatic hydroxyl groups excluding tert-OH is 1. The lowest BCUT2D eigenvalue weighted by molar-refractivity contribution is 0.117. The van der Waals surface area contributed by atoms with Crippen molar-refractivity contribution in [2.45, 2.75) is 51.0 Å². The summed E-state index contributed by atoms with van der Waals surface area (Å²) in [5, 5.41) is 13.1. The lowest BCUT2D eigenvalue weighted by Gasteiger charge is -2.33. The molecule has 1 saturated carbocycles. The molecule has 118 valence electrons. The third-order valence-corrected chi connectivity index (χ3v) is 5.00. The Balaban J connectivity index is 1.93. The smallest absolute Gasteiger partial charge is 0.122 e. The van der Waals surface area contributed by atoms with Gasteiger partial charge in [-0.2, -0.15) is 0 Å². The quantitative estimate of drug-likeness (QED) is 0.809. The van der Waals surface area contributed by atoms with E-state index in [0.717, 1.165) is 25.2 Å². The Hall–Kier alpha value is -1.06. The van der Waals surface area contributed by atoms with Gasteiger partial charge in [0.15, 0.2) is 0 Å². The lowest BCUT2D eigenvalue weighted by Crippen LogP contribution is -2.49. The van der Waals surface area contributed by atoms with Crippen LogP contribution in [0.4, 0.5) is 0 Å². The van der Waals surface area contributed by atoms with E-state index in [4.69, 9.17) is 4.74 Å². The van der Waals surface area contributed by atoms with Crippen molar-refractivity contribution in [2.24, 2.45) is 5.92 Å². The predicted molar refractivity (Wildman–Crippen MR) is 86.9 cm³/mol. The van der Waals surface area contributed by atoms with E-state index in [1.54, 1.807) is 0 Å². The zero-order valence-corrected chi connectivity index (χ0v) is 13.6. The van der Waals surface area contributed by atoms with Gasteiger partial charge in [-0.25, -0.2) is 0 Å². The molecule has 0 spiro atoms. The third kappa shape index (κ3) is 3.58. The van der Waals surface area contributed by atoms with E-state index in [0.29, 0.717) is 11.8 Å². The molecule has 0 bridgehead atoms. The van der Waals surface area contributed by atoms with Crippen molar-refractivity contribution in [1.29, 1.82) is 0 Å². The van der Waals surface area contributed by atoms with Crippen LogP contribution in [0.25, 0.3) is 0 Å². The van der Waals surface area contributed by atoms with Crippen LogP contribution in [0, 0.1) is 5.92 Å². The zero-order chi connectivity index (χ0) is 15.3. The Morgan fingerprint density at radius 2 is 2.14 bits per heavy atom. The summed E-state index contributed by atoms with van der Waals surface area (Å²) in [4.78, 5) is 0. The predicted octanol–water partition coefficient (Wildman–Crippen LogP) is 3.33. The Morgan fingerprint density at radius 1 is 1.38 bits per heavy atom. The molecule has 1 aliphatic carbocycles. The number of ether oxygens (including phenoxy) is 1. The Kier molecular flexibility index (Phi) is 5.65. The summed E-state index contributed by atoms with van der Waals surface area (Å²) in [7, 11) is 1.96. The van der Waals surface area contributed by atoms with Crippen molar-refractivity contribution in [1.82, 2.24) is 5.32 Å². The molecule has 2 atom stereocenters. The Labute approximate surface area is 128 Å². The minimum absolute atomic E-state index is 0.0963. The molecule has 0 aliphatic heterocycles. The summed E-state index contributed by atoms with van der Waals surface area (Å²) in [5.74, 6) is 1.98. The van der Waals surface area contributed by atoms with E-state index in [9.17, 15) is 5.11 Å². The van der Waals surface area contributed by atoms with Crippen LogP contribution in [0.3, 0.4) is 0 Å². The van der Waals surface area contributed by atoms with E-state index in [1.165, 1.54) is 18.4 Å². The molecule has 1 aliphatic rings. The molecule has 2 N–H and O–H groups in total. The Bertz CT molecular complexity index is 441. The van der Waals surface area contributed by atoms with Gasteiger partial charge in [-0.3, -0.25) is 0 Å². The fourth-order valence-electron chi connectivity index (χ4n) is 3.58. The molecule has 0 amide bonds. The van der Waals surface area contributed by atoms with E-state index in [2.05, 4.69) is 37.4 Å². The fraction of sp³-hybridized carbons (Fsp3) is 0.667. The largest absolute Gasteiger partial charge is 0.493 e. The number of hydrogen-bond acceptors (Lipinski definition) is 3. The molecule has 21 heavy (non-hydrogen) atoms. The summed E-state index contributed by atoms with van der Waals surface area (Å²) >= 11 is 0. The molecule has 0 saturated heterocycles. The first kappa shape index (κ1) is 16.3. The SMILES string of the molecule is CNC1(CO)CCCC1CCOc1ccccc1C(C)C. The second-order valence-corrected chi connectivity index (χ2v) is 6.48. The maximum atomic E-state index is 9.72. The number of benzene rings is 1. The van der Waals surface area contributed by atoms with Crippen LogP contribution >= 0.6 is 0 Å². The van der Waals surface area contributed by atoms with Gasteiger partial charge in [0, 0.05) is 5.54 Å². The molecule has 1 fully saturated rings. The lowest BCUT2D eigenvalue weighted by atomic mass is 9.85. The second kappa shape index (κ2) is 7.28. The highest BCUT2D eigenvalue weighted by Gasteiger charge is 2.40. The van der Waals surface area contributed by atoms with Gasteiger partial charge in [-0.1, -0.05) is 38.5 Å². The van der Waals surface area contributed by atoms with Crippen molar-refractivity contribution >= 4 is 0 Å². The summed E-state index contributed by atoms with van der Waals surface area (Å²) in [6.07, 6.45) is 4.42. The molecule has 2 unspecified atom stereocenters. The van der Waals surface area contributed by atoms with Crippen molar-refractivity contribution in [3.05, 3.63) is 29.8 Å². The number of aliphatic hydroxyl groups is 1. The maximum absolute atomic E-state index is 9.72. The van der Waals surface area contributed by atoms with Gasteiger partial charge in [0.1, 0.15) is 5.75 Å². The number of likely N-dealkylation sites (N-methyl/N-ethyl adjacent to an activating group) is 1. The summed E-state index contributed by atoms with van der Waals surface area (Å²) < 4.78 is 6.03. The van der Waals surface area contributed by atoms with Gasteiger partial charge in [0.2, 0.25) is 0 Å². The molecule has 1 aromatic rings. The van der Waals surface area contributed by atoms with Crippen LogP contribution in [0.1, 0.15) is 51.0 Å². The van der Waals surface area contributed by atoms with Crippen molar-refractivity contribution in [3.8, 4) is 5.75 Å². The minimum Gasteiger partial charge on any atom is -0.493 e. The highest BCUT2D eigenvalue weighted by atomic mass is 16.5. The van der Waals surface area contributed by atoms with Gasteiger partial charge in [0.05, 0.1) is 13.2 Å². The molecule has 0 heterocycles. The maximum Gasteiger partial charge on any atom is 0.122 e. The number of rotatable bonds is 7. The molecular weight excluding hydrogens is 262 g/mol. The highest BCUT2D eigenvalue weighted by molar-refractivity contribution is 5.35. The molecule has 2 rings (SSSR count). The zero-order valence-electron chi connectivity index (χ0n) is 13.6. The highest BCUT2D eigenvalue weighted by Crippen LogP contribution is 2.37. The first-order valence-electron chi connectivity index (χ1n) is 8.14. The van der Waals surface area contributed by atoms with Crippen LogP contribution in [0.15, 0.2) is 24.3 Å². The van der Waals surface area contributed by atoms with Gasteiger partial charge < -0.3 is 15.2 Å². The minimum atomic E-state index is -0.0963. The van der Waals surface area contributed by atoms with Crippen molar-refractivity contribution in [2.75, 3.05) is 20.3 Å². The summed E-state index contributed by atoms with van der Waals surface area (Å²) in [5.41, 5.74) is 1.17. The summed E-state index contributed by atoms with van der Waals surface area (Å²) in [6, 6.07) is 8.29. The normalized spacial score (nSPS) is 25.5. The van der Waals surface area contributed by atoms with E-state index in [-0.39, 0.29) is 12.1 Å². The molecular formula is C18H29NO2. The number of nitrogens with one attached hydrogen (secondary N) is 1. The van der Waals surface area contributed by atoms with Crippen LogP contribution in [0.5, 0.6) is 5.75 Å². The standard InChI is InChI=1S/C18H29NO2/c1-14(2)16-8-4-5-9-17(16)21-12-10-15-7-6-11-18(15,13-20)19-3/h4-5,8-9,14-15,19-20H,6-7,10-13H2,1-3H3. The molecule has 3 heteroatoms. The van der Waals surface area contributed by atoms with Gasteiger partial charge in [-0.05, 0) is 49.8 Å². The Morgan fingerprint density at radius 3 is 2.81 bits per heavy atom. The van der Waals surface area contributed by atoms with Gasteiger partial charge >= 0.3 is 0 Å². The first-order valence-corrected chi connectivity index (χ1v) is 8.14. The fourth-order valence-corrected chi connectivity index (χ4v) is 3.58. The topological polar surface area (TPSA) is 41.5 Å². The first-order chi connectivity index (χ1) is 10.1. The average molecular weight is 291 g/mol. The monoisotopic (exact) mass is 291 g/mol. The van der Waals surface area contributed by atoms with Crippen LogP contribution < -0.4 is 10.1 Å². The molecule has 0 radical (unpaired) electrons. The second-order valence-electron chi connectivity index (χ2n) is 6.48. The van der Waals surface area contributed by atoms with Crippen molar-refractivity contribution in [3.63, 3.8) is 0 Å². The third-order valence-electron chi connectivity index (χ3n) is 5.00. The number of hydrogen-bond donors (Lipinski definition) is 2. The van der Waals surface area contributed by atoms with Gasteiger partial charge in [-0.15, -0.1) is 0 Å². The van der Waals surface area contributed by atoms with Crippen LogP contribution in [-0.4, -0.2) is 30.9 Å². The van der Waals surface area contributed by atoms with E-state index >= 15 is 0 Å². The van der Waals surface area contributed by atoms with Gasteiger partial charge in [0.25, 0.3) is 0 Å². The summed E-state index contributed by atoms with van der Waals surface area (Å²) in [6.45, 7) is 5.32. The number of para-hydroxylation sites is 1. The molecule has 1 aromatic carbocycles. The van der Waals surface area contributed by atoms with Crippen molar-refractivity contribution < 1.29 is 9.84 Å². The molecule has 3 nitrogen and oxygen atoms in total. The van der Waals surface area contributed by atoms with Crippen LogP contribution in [-0.2, 0) is 0 Å².